The predicted molar refractivity (Wildman–Crippen MR) is 60.2 cm³/mol. The molecule has 8 heteroatoms. The van der Waals surface area contributed by atoms with Gasteiger partial charge >= 0.3 is 16.6 Å². The van der Waals surface area contributed by atoms with E-state index < -0.39 is 16.6 Å². The number of rotatable bonds is 4. The number of hydrogen-bond acceptors (Lipinski definition) is 6. The molecule has 93 valence electrons. The second kappa shape index (κ2) is 19.6. The van der Waals surface area contributed by atoms with E-state index in [0.717, 1.165) is 13.2 Å². The van der Waals surface area contributed by atoms with Gasteiger partial charge in [-0.25, -0.2) is 0 Å². The van der Waals surface area contributed by atoms with Crippen molar-refractivity contribution >= 4 is 16.6 Å². The second-order valence-electron chi connectivity index (χ2n) is 2.03. The maximum Gasteiger partial charge on any atom is 0.631 e. The lowest BCUT2D eigenvalue weighted by molar-refractivity contribution is 0.162. The molecule has 0 atom stereocenters. The van der Waals surface area contributed by atoms with Crippen LogP contribution in [0, 0.1) is 0 Å². The zero-order valence-electron chi connectivity index (χ0n) is 10.1. The van der Waals surface area contributed by atoms with Crippen molar-refractivity contribution in [2.24, 2.45) is 0 Å². The van der Waals surface area contributed by atoms with E-state index in [2.05, 4.69) is 0 Å². The van der Waals surface area contributed by atoms with Crippen LogP contribution in [0.5, 0.6) is 0 Å². The van der Waals surface area contributed by atoms with E-state index in [1.165, 1.54) is 0 Å². The van der Waals surface area contributed by atoms with E-state index in [9.17, 15) is 0 Å². The van der Waals surface area contributed by atoms with Crippen LogP contribution in [0.1, 0.15) is 13.8 Å². The Kier molecular flexibility index (Phi) is 26.7. The van der Waals surface area contributed by atoms with E-state index in [0.29, 0.717) is 0 Å². The molecule has 3 N–H and O–H groups in total. The van der Waals surface area contributed by atoms with Gasteiger partial charge in [-0.15, -0.1) is 0 Å². The molecule has 0 aromatic heterocycles. The Hall–Kier alpha value is 0.0418. The van der Waals surface area contributed by atoms with Crippen LogP contribution in [0.25, 0.3) is 0 Å². The summed E-state index contributed by atoms with van der Waals surface area (Å²) in [6, 6.07) is 0. The Morgan fingerprint density at radius 3 is 1.27 bits per heavy atom. The standard InChI is InChI=1S/C4H10O.C3H9O2Si.BH3O3/c1-3-5-4-2;1-4-6(3)5-2;2-1(3)4/h3-4H2,1-2H3;1-3H3;2-4H. The molecule has 0 rings (SSSR count). The summed E-state index contributed by atoms with van der Waals surface area (Å²) < 4.78 is 14.4. The van der Waals surface area contributed by atoms with Crippen molar-refractivity contribution in [3.8, 4) is 0 Å². The third-order valence-electron chi connectivity index (χ3n) is 0.983. The van der Waals surface area contributed by atoms with Gasteiger partial charge in [-0.05, 0) is 20.4 Å². The Morgan fingerprint density at radius 1 is 1.00 bits per heavy atom. The maximum absolute atomic E-state index is 7.17. The first kappa shape index (κ1) is 20.5. The van der Waals surface area contributed by atoms with E-state index in [1.54, 1.807) is 14.2 Å². The van der Waals surface area contributed by atoms with Crippen LogP contribution in [0.4, 0.5) is 0 Å². The van der Waals surface area contributed by atoms with E-state index in [-0.39, 0.29) is 0 Å². The second-order valence-corrected chi connectivity index (χ2v) is 3.83. The molecule has 0 spiro atoms. The monoisotopic (exact) mass is 241 g/mol. The minimum absolute atomic E-state index is 0.844. The van der Waals surface area contributed by atoms with Gasteiger partial charge in [0.25, 0.3) is 0 Å². The Bertz CT molecular complexity index is 88.8. The Balaban J connectivity index is -0.000000147. The van der Waals surface area contributed by atoms with Crippen molar-refractivity contribution < 1.29 is 28.7 Å². The van der Waals surface area contributed by atoms with Crippen molar-refractivity contribution in [1.82, 2.24) is 0 Å². The van der Waals surface area contributed by atoms with Gasteiger partial charge in [-0.3, -0.25) is 0 Å². The summed E-state index contributed by atoms with van der Waals surface area (Å²) in [6.07, 6.45) is 0. The zero-order chi connectivity index (χ0) is 12.7. The van der Waals surface area contributed by atoms with Gasteiger partial charge in [0.1, 0.15) is 0 Å². The predicted octanol–water partition coefficient (Wildman–Crippen LogP) is -0.612. The van der Waals surface area contributed by atoms with Crippen LogP contribution >= 0.6 is 0 Å². The highest BCUT2D eigenvalue weighted by Gasteiger charge is 1.97. The van der Waals surface area contributed by atoms with E-state index in [1.807, 2.05) is 20.4 Å². The normalized spacial score (nSPS) is 8.60. The average molecular weight is 241 g/mol. The molecule has 0 heterocycles. The summed E-state index contributed by atoms with van der Waals surface area (Å²) in [5.41, 5.74) is 0. The molecule has 0 amide bonds. The topological polar surface area (TPSA) is 88.4 Å². The number of ether oxygens (including phenoxy) is 1. The summed E-state index contributed by atoms with van der Waals surface area (Å²) in [6.45, 7) is 7.60. The van der Waals surface area contributed by atoms with Gasteiger partial charge in [0.2, 0.25) is 0 Å². The molecule has 0 aromatic rings. The van der Waals surface area contributed by atoms with Crippen molar-refractivity contribution in [3.63, 3.8) is 0 Å². The third kappa shape index (κ3) is 55.8. The molecule has 0 fully saturated rings. The fraction of sp³-hybridized carbons (Fsp3) is 1.00. The van der Waals surface area contributed by atoms with Crippen LogP contribution in [0.15, 0.2) is 0 Å². The lowest BCUT2D eigenvalue weighted by Gasteiger charge is -1.98. The summed E-state index contributed by atoms with van der Waals surface area (Å²) >= 11 is 0. The molecular formula is C7H22BO6Si. The molecule has 0 bridgehead atoms. The molecule has 0 saturated heterocycles. The lowest BCUT2D eigenvalue weighted by atomic mass is 10.3. The molecule has 0 aliphatic carbocycles. The molecule has 6 nitrogen and oxygen atoms in total. The minimum atomic E-state index is -2.17. The van der Waals surface area contributed by atoms with Crippen LogP contribution < -0.4 is 0 Å². The van der Waals surface area contributed by atoms with Crippen LogP contribution in [-0.2, 0) is 13.6 Å². The van der Waals surface area contributed by atoms with Gasteiger partial charge in [0.05, 0.1) is 0 Å². The van der Waals surface area contributed by atoms with Crippen LogP contribution in [0.3, 0.4) is 0 Å². The molecule has 0 saturated carbocycles. The fourth-order valence-electron chi connectivity index (χ4n) is 0.287. The van der Waals surface area contributed by atoms with E-state index >= 15 is 0 Å². The molecule has 0 unspecified atom stereocenters. The number of hydrogen-bond donors (Lipinski definition) is 3. The largest absolute Gasteiger partial charge is 0.631 e. The third-order valence-corrected chi connectivity index (χ3v) is 2.13. The first-order chi connectivity index (χ1) is 6.95. The highest BCUT2D eigenvalue weighted by molar-refractivity contribution is 6.42. The quantitative estimate of drug-likeness (QED) is 0.569. The first-order valence-corrected chi connectivity index (χ1v) is 6.31. The zero-order valence-corrected chi connectivity index (χ0v) is 11.1. The van der Waals surface area contributed by atoms with Crippen LogP contribution in [0.2, 0.25) is 6.55 Å². The van der Waals surface area contributed by atoms with Gasteiger partial charge < -0.3 is 28.7 Å². The van der Waals surface area contributed by atoms with Crippen molar-refractivity contribution in [2.75, 3.05) is 27.4 Å². The van der Waals surface area contributed by atoms with Gasteiger partial charge in [0.15, 0.2) is 0 Å². The molecule has 1 radical (unpaired) electrons. The van der Waals surface area contributed by atoms with Crippen LogP contribution in [-0.4, -0.2) is 59.1 Å². The average Bonchev–Trinajstić information content (AvgIpc) is 2.18. The summed E-state index contributed by atoms with van der Waals surface area (Å²) in [5, 5.41) is 21.5. The highest BCUT2D eigenvalue weighted by Crippen LogP contribution is 1.77. The molecule has 15 heavy (non-hydrogen) atoms. The summed E-state index contributed by atoms with van der Waals surface area (Å²) in [4.78, 5) is 0. The van der Waals surface area contributed by atoms with E-state index in [4.69, 9.17) is 28.7 Å². The molecule has 0 aliphatic rings. The van der Waals surface area contributed by atoms with Crippen molar-refractivity contribution in [1.29, 1.82) is 0 Å². The van der Waals surface area contributed by atoms with Crippen molar-refractivity contribution in [3.05, 3.63) is 0 Å². The maximum atomic E-state index is 7.17. The minimum Gasteiger partial charge on any atom is -0.402 e. The van der Waals surface area contributed by atoms with Gasteiger partial charge in [-0.1, -0.05) is 0 Å². The summed E-state index contributed by atoms with van der Waals surface area (Å²) in [5.74, 6) is 0. The molecule has 0 aromatic carbocycles. The Labute approximate surface area is 93.8 Å². The van der Waals surface area contributed by atoms with Gasteiger partial charge in [-0.2, -0.15) is 0 Å². The fourth-order valence-corrected chi connectivity index (χ4v) is 0.454. The Morgan fingerprint density at radius 2 is 1.27 bits per heavy atom. The highest BCUT2D eigenvalue weighted by atomic mass is 28.3. The SMILES string of the molecule is CCOCC.CO[Si](C)OC.OB(O)O. The smallest absolute Gasteiger partial charge is 0.402 e. The molecule has 0 aliphatic heterocycles. The van der Waals surface area contributed by atoms with Gasteiger partial charge in [0, 0.05) is 27.4 Å². The molecular weight excluding hydrogens is 219 g/mol. The first-order valence-electron chi connectivity index (χ1n) is 4.49. The summed E-state index contributed by atoms with van der Waals surface area (Å²) in [7, 11) is 0.266. The lowest BCUT2D eigenvalue weighted by Crippen LogP contribution is -2.12. The van der Waals surface area contributed by atoms with Crippen molar-refractivity contribution in [2.45, 2.75) is 20.4 Å².